The first-order chi connectivity index (χ1) is 10.4. The fourth-order valence-electron chi connectivity index (χ4n) is 1.90. The van der Waals surface area contributed by atoms with Gasteiger partial charge in [0.25, 0.3) is 10.1 Å². The van der Waals surface area contributed by atoms with Gasteiger partial charge in [-0.3, -0.25) is 4.18 Å². The number of aliphatic hydroxyl groups is 2. The Hall–Kier alpha value is -1.73. The summed E-state index contributed by atoms with van der Waals surface area (Å²) in [4.78, 5) is 0.0134. The molecule has 0 unspecified atom stereocenters. The maximum absolute atomic E-state index is 12.0. The Kier molecular flexibility index (Phi) is 5.31. The van der Waals surface area contributed by atoms with Crippen LogP contribution in [-0.4, -0.2) is 31.3 Å². The maximum Gasteiger partial charge on any atom is 0.297 e. The SMILES string of the molecule is Cc1ccc(S(=O)(=O)OC[C@H](O)[C@@H](O)c2ccccc2)cc1. The zero-order valence-electron chi connectivity index (χ0n) is 12.1. The number of hydrogen-bond donors (Lipinski definition) is 2. The smallest absolute Gasteiger partial charge is 0.297 e. The minimum absolute atomic E-state index is 0.0134. The molecule has 0 saturated carbocycles. The molecule has 118 valence electrons. The molecule has 0 radical (unpaired) electrons. The molecule has 0 fully saturated rings. The molecule has 0 aliphatic carbocycles. The van der Waals surface area contributed by atoms with E-state index in [1.807, 2.05) is 6.92 Å². The molecule has 0 aromatic heterocycles. The van der Waals surface area contributed by atoms with Gasteiger partial charge in [-0.25, -0.2) is 0 Å². The van der Waals surface area contributed by atoms with Gasteiger partial charge in [0, 0.05) is 0 Å². The van der Waals surface area contributed by atoms with Gasteiger partial charge in [-0.1, -0.05) is 48.0 Å². The molecule has 0 aliphatic heterocycles. The predicted octanol–water partition coefficient (Wildman–Crippen LogP) is 1.79. The van der Waals surface area contributed by atoms with Gasteiger partial charge in [0.2, 0.25) is 0 Å². The Morgan fingerprint density at radius 2 is 1.59 bits per heavy atom. The Bertz CT molecular complexity index is 695. The summed E-state index contributed by atoms with van der Waals surface area (Å²) in [5.74, 6) is 0. The van der Waals surface area contributed by atoms with Gasteiger partial charge in [0.1, 0.15) is 12.2 Å². The normalized spacial score (nSPS) is 14.5. The minimum Gasteiger partial charge on any atom is -0.388 e. The summed E-state index contributed by atoms with van der Waals surface area (Å²) in [5, 5.41) is 19.9. The van der Waals surface area contributed by atoms with Crippen molar-refractivity contribution in [3.63, 3.8) is 0 Å². The fourth-order valence-corrected chi connectivity index (χ4v) is 2.82. The van der Waals surface area contributed by atoms with Crippen LogP contribution in [0.1, 0.15) is 17.2 Å². The van der Waals surface area contributed by atoms with Crippen molar-refractivity contribution in [3.8, 4) is 0 Å². The predicted molar refractivity (Wildman–Crippen MR) is 81.7 cm³/mol. The lowest BCUT2D eigenvalue weighted by Crippen LogP contribution is -2.25. The van der Waals surface area contributed by atoms with Crippen LogP contribution in [0.5, 0.6) is 0 Å². The second-order valence-electron chi connectivity index (χ2n) is 4.97. The fraction of sp³-hybridized carbons (Fsp3) is 0.250. The first-order valence-electron chi connectivity index (χ1n) is 6.77. The van der Waals surface area contributed by atoms with Crippen molar-refractivity contribution < 1.29 is 22.8 Å². The standard InChI is InChI=1S/C16H18O5S/c1-12-7-9-14(10-8-12)22(19,20)21-11-15(17)16(18)13-5-3-2-4-6-13/h2-10,15-18H,11H2,1H3/t15-,16-/m0/s1. The quantitative estimate of drug-likeness (QED) is 0.792. The lowest BCUT2D eigenvalue weighted by molar-refractivity contribution is -0.00762. The van der Waals surface area contributed by atoms with Gasteiger partial charge in [0.05, 0.1) is 11.5 Å². The van der Waals surface area contributed by atoms with Crippen molar-refractivity contribution in [3.05, 3.63) is 65.7 Å². The van der Waals surface area contributed by atoms with Gasteiger partial charge in [-0.15, -0.1) is 0 Å². The molecule has 5 nitrogen and oxygen atoms in total. The average molecular weight is 322 g/mol. The number of benzene rings is 2. The number of aliphatic hydroxyl groups excluding tert-OH is 2. The summed E-state index contributed by atoms with van der Waals surface area (Å²) < 4.78 is 28.8. The van der Waals surface area contributed by atoms with Crippen LogP contribution in [0.3, 0.4) is 0 Å². The van der Waals surface area contributed by atoms with Crippen molar-refractivity contribution in [2.75, 3.05) is 6.61 Å². The van der Waals surface area contributed by atoms with Gasteiger partial charge < -0.3 is 10.2 Å². The van der Waals surface area contributed by atoms with E-state index in [0.717, 1.165) is 5.56 Å². The van der Waals surface area contributed by atoms with E-state index in [-0.39, 0.29) is 4.90 Å². The van der Waals surface area contributed by atoms with Gasteiger partial charge in [-0.05, 0) is 24.6 Å². The Morgan fingerprint density at radius 1 is 1.00 bits per heavy atom. The third-order valence-corrected chi connectivity index (χ3v) is 4.51. The average Bonchev–Trinajstić information content (AvgIpc) is 2.53. The van der Waals surface area contributed by atoms with Gasteiger partial charge in [0.15, 0.2) is 0 Å². The van der Waals surface area contributed by atoms with Crippen LogP contribution in [0.2, 0.25) is 0 Å². The molecule has 0 heterocycles. The maximum atomic E-state index is 12.0. The van der Waals surface area contributed by atoms with Crippen molar-refractivity contribution in [1.82, 2.24) is 0 Å². The highest BCUT2D eigenvalue weighted by Crippen LogP contribution is 2.19. The van der Waals surface area contributed by atoms with Crippen LogP contribution in [0.4, 0.5) is 0 Å². The summed E-state index contributed by atoms with van der Waals surface area (Å²) in [6.07, 6.45) is -2.56. The highest BCUT2D eigenvalue weighted by atomic mass is 32.2. The van der Waals surface area contributed by atoms with E-state index in [9.17, 15) is 18.6 Å². The van der Waals surface area contributed by atoms with Crippen molar-refractivity contribution >= 4 is 10.1 Å². The Labute approximate surface area is 129 Å². The van der Waals surface area contributed by atoms with Gasteiger partial charge >= 0.3 is 0 Å². The summed E-state index contributed by atoms with van der Waals surface area (Å²) >= 11 is 0. The zero-order chi connectivity index (χ0) is 16.2. The molecule has 2 atom stereocenters. The number of rotatable bonds is 6. The molecule has 0 aliphatic rings. The van der Waals surface area contributed by atoms with E-state index in [2.05, 4.69) is 0 Å². The van der Waals surface area contributed by atoms with Crippen LogP contribution < -0.4 is 0 Å². The first kappa shape index (κ1) is 16.6. The van der Waals surface area contributed by atoms with Crippen molar-refractivity contribution in [1.29, 1.82) is 0 Å². The van der Waals surface area contributed by atoms with E-state index in [4.69, 9.17) is 4.18 Å². The third kappa shape index (κ3) is 4.14. The van der Waals surface area contributed by atoms with E-state index < -0.39 is 28.9 Å². The highest BCUT2D eigenvalue weighted by Gasteiger charge is 2.22. The third-order valence-electron chi connectivity index (χ3n) is 3.21. The molecule has 2 aromatic carbocycles. The molecule has 0 amide bonds. The topological polar surface area (TPSA) is 83.8 Å². The zero-order valence-corrected chi connectivity index (χ0v) is 12.9. The van der Waals surface area contributed by atoms with E-state index in [1.165, 1.54) is 12.1 Å². The monoisotopic (exact) mass is 322 g/mol. The van der Waals surface area contributed by atoms with E-state index in [1.54, 1.807) is 42.5 Å². The van der Waals surface area contributed by atoms with Crippen LogP contribution in [-0.2, 0) is 14.3 Å². The highest BCUT2D eigenvalue weighted by molar-refractivity contribution is 7.86. The van der Waals surface area contributed by atoms with Crippen molar-refractivity contribution in [2.45, 2.75) is 24.0 Å². The Balaban J connectivity index is 2.01. The summed E-state index contributed by atoms with van der Waals surface area (Å²) in [6, 6.07) is 14.7. The van der Waals surface area contributed by atoms with Crippen LogP contribution in [0, 0.1) is 6.92 Å². The number of hydrogen-bond acceptors (Lipinski definition) is 5. The van der Waals surface area contributed by atoms with Crippen LogP contribution in [0.15, 0.2) is 59.5 Å². The molecular formula is C16H18O5S. The Morgan fingerprint density at radius 3 is 2.18 bits per heavy atom. The van der Waals surface area contributed by atoms with Crippen LogP contribution in [0.25, 0.3) is 0 Å². The molecule has 2 aromatic rings. The lowest BCUT2D eigenvalue weighted by Gasteiger charge is -2.18. The molecule has 0 saturated heterocycles. The second kappa shape index (κ2) is 7.02. The summed E-state index contributed by atoms with van der Waals surface area (Å²) in [6.45, 7) is 1.32. The molecule has 6 heteroatoms. The molecular weight excluding hydrogens is 304 g/mol. The molecule has 0 bridgehead atoms. The molecule has 2 N–H and O–H groups in total. The summed E-state index contributed by atoms with van der Waals surface area (Å²) in [7, 11) is -3.96. The minimum atomic E-state index is -3.96. The lowest BCUT2D eigenvalue weighted by atomic mass is 10.1. The molecule has 22 heavy (non-hydrogen) atoms. The first-order valence-corrected chi connectivity index (χ1v) is 8.18. The largest absolute Gasteiger partial charge is 0.388 e. The van der Waals surface area contributed by atoms with E-state index in [0.29, 0.717) is 5.56 Å². The molecule has 2 rings (SSSR count). The van der Waals surface area contributed by atoms with Crippen molar-refractivity contribution in [2.24, 2.45) is 0 Å². The molecule has 0 spiro atoms. The summed E-state index contributed by atoms with van der Waals surface area (Å²) in [5.41, 5.74) is 1.42. The second-order valence-corrected chi connectivity index (χ2v) is 6.59. The van der Waals surface area contributed by atoms with E-state index >= 15 is 0 Å². The van der Waals surface area contributed by atoms with Crippen LogP contribution >= 0.6 is 0 Å². The van der Waals surface area contributed by atoms with Gasteiger partial charge in [-0.2, -0.15) is 8.42 Å². The number of aryl methyl sites for hydroxylation is 1.